The summed E-state index contributed by atoms with van der Waals surface area (Å²) < 4.78 is 0. The Hall–Kier alpha value is -1.82. The van der Waals surface area contributed by atoms with Gasteiger partial charge in [-0.3, -0.25) is 4.79 Å². The summed E-state index contributed by atoms with van der Waals surface area (Å²) >= 11 is 1.84. The van der Waals surface area contributed by atoms with Crippen LogP contribution in [0, 0.1) is 5.92 Å². The van der Waals surface area contributed by atoms with Crippen molar-refractivity contribution < 1.29 is 4.79 Å². The fraction of sp³-hybridized carbons (Fsp3) is 0.316. The Morgan fingerprint density at radius 3 is 2.75 bits per heavy atom. The van der Waals surface area contributed by atoms with Gasteiger partial charge in [-0.2, -0.15) is 0 Å². The Balaban J connectivity index is 1.48. The standard InChI is InChI=1S/C19H21N3OS/c1-2-12-7-9-13(10-8-12)20-19(23)18-15-11-24-16-6-4-3-5-14(16)17(15)21-22-18/h3-10,15,17-18,21-22H,2,11H2,1H3,(H,20,23). The maximum Gasteiger partial charge on any atom is 0.243 e. The third kappa shape index (κ3) is 2.83. The third-order valence-electron chi connectivity index (χ3n) is 4.85. The second kappa shape index (κ2) is 6.59. The van der Waals surface area contributed by atoms with Gasteiger partial charge in [-0.05, 0) is 35.7 Å². The van der Waals surface area contributed by atoms with E-state index in [4.69, 9.17) is 0 Å². The van der Waals surface area contributed by atoms with Crippen LogP contribution in [0.4, 0.5) is 5.69 Å². The highest BCUT2D eigenvalue weighted by atomic mass is 32.2. The minimum Gasteiger partial charge on any atom is -0.325 e. The van der Waals surface area contributed by atoms with Crippen LogP contribution in [0.25, 0.3) is 0 Å². The van der Waals surface area contributed by atoms with Crippen LogP contribution in [-0.2, 0) is 11.2 Å². The number of hydrogen-bond donors (Lipinski definition) is 3. The van der Waals surface area contributed by atoms with Gasteiger partial charge in [0.25, 0.3) is 0 Å². The maximum absolute atomic E-state index is 12.7. The van der Waals surface area contributed by atoms with Gasteiger partial charge in [0.15, 0.2) is 0 Å². The molecule has 2 aliphatic rings. The average molecular weight is 339 g/mol. The minimum absolute atomic E-state index is 0.0271. The summed E-state index contributed by atoms with van der Waals surface area (Å²) in [4.78, 5) is 14.0. The quantitative estimate of drug-likeness (QED) is 0.804. The van der Waals surface area contributed by atoms with Gasteiger partial charge in [0.2, 0.25) is 5.91 Å². The van der Waals surface area contributed by atoms with Crippen LogP contribution in [-0.4, -0.2) is 17.7 Å². The highest BCUT2D eigenvalue weighted by Crippen LogP contribution is 2.42. The third-order valence-corrected chi connectivity index (χ3v) is 6.08. The molecule has 1 amide bonds. The number of carbonyl (C=O) groups excluding carboxylic acids is 1. The lowest BCUT2D eigenvalue weighted by molar-refractivity contribution is -0.118. The molecule has 124 valence electrons. The molecule has 0 saturated carbocycles. The molecule has 2 aromatic carbocycles. The molecule has 3 unspecified atom stereocenters. The molecule has 5 heteroatoms. The number of aryl methyl sites for hydroxylation is 1. The summed E-state index contributed by atoms with van der Waals surface area (Å²) in [7, 11) is 0. The molecule has 2 heterocycles. The summed E-state index contributed by atoms with van der Waals surface area (Å²) in [5.74, 6) is 1.22. The number of nitrogens with one attached hydrogen (secondary N) is 3. The molecule has 0 aliphatic carbocycles. The largest absolute Gasteiger partial charge is 0.325 e. The first-order valence-electron chi connectivity index (χ1n) is 8.39. The van der Waals surface area contributed by atoms with Crippen LogP contribution >= 0.6 is 11.8 Å². The van der Waals surface area contributed by atoms with E-state index in [2.05, 4.69) is 59.5 Å². The molecule has 2 aliphatic heterocycles. The van der Waals surface area contributed by atoms with Gasteiger partial charge < -0.3 is 5.32 Å². The van der Waals surface area contributed by atoms with E-state index in [0.717, 1.165) is 17.9 Å². The van der Waals surface area contributed by atoms with E-state index in [-0.39, 0.29) is 23.9 Å². The van der Waals surface area contributed by atoms with Gasteiger partial charge in [-0.1, -0.05) is 37.3 Å². The molecule has 3 N–H and O–H groups in total. The first-order chi connectivity index (χ1) is 11.8. The molecule has 4 nitrogen and oxygen atoms in total. The molecule has 0 spiro atoms. The first-order valence-corrected chi connectivity index (χ1v) is 9.37. The Bertz CT molecular complexity index is 747. The normalized spacial score (nSPS) is 25.0. The van der Waals surface area contributed by atoms with E-state index in [1.54, 1.807) is 0 Å². The van der Waals surface area contributed by atoms with Crippen molar-refractivity contribution in [1.82, 2.24) is 10.9 Å². The first kappa shape index (κ1) is 15.7. The van der Waals surface area contributed by atoms with Gasteiger partial charge in [-0.25, -0.2) is 10.9 Å². The van der Waals surface area contributed by atoms with Crippen molar-refractivity contribution in [3.63, 3.8) is 0 Å². The van der Waals surface area contributed by atoms with Gasteiger partial charge in [-0.15, -0.1) is 11.8 Å². The molecule has 2 aromatic rings. The SMILES string of the molecule is CCc1ccc(NC(=O)C2NNC3c4ccccc4SCC23)cc1. The van der Waals surface area contributed by atoms with Crippen molar-refractivity contribution >= 4 is 23.4 Å². The zero-order valence-corrected chi connectivity index (χ0v) is 14.4. The van der Waals surface area contributed by atoms with E-state index in [1.807, 2.05) is 23.9 Å². The van der Waals surface area contributed by atoms with Crippen molar-refractivity contribution in [2.75, 3.05) is 11.1 Å². The fourth-order valence-corrected chi connectivity index (χ4v) is 4.74. The smallest absolute Gasteiger partial charge is 0.243 e. The van der Waals surface area contributed by atoms with Crippen molar-refractivity contribution in [1.29, 1.82) is 0 Å². The van der Waals surface area contributed by atoms with E-state index in [9.17, 15) is 4.79 Å². The molecule has 0 aromatic heterocycles. The zero-order chi connectivity index (χ0) is 16.5. The monoisotopic (exact) mass is 339 g/mol. The predicted octanol–water partition coefficient (Wildman–Crippen LogP) is 3.13. The lowest BCUT2D eigenvalue weighted by Gasteiger charge is -2.28. The molecule has 1 saturated heterocycles. The lowest BCUT2D eigenvalue weighted by Crippen LogP contribution is -2.42. The second-order valence-electron chi connectivity index (χ2n) is 6.30. The zero-order valence-electron chi connectivity index (χ0n) is 13.6. The number of benzene rings is 2. The van der Waals surface area contributed by atoms with Crippen LogP contribution in [0.2, 0.25) is 0 Å². The summed E-state index contributed by atoms with van der Waals surface area (Å²) in [6.07, 6.45) is 1.00. The van der Waals surface area contributed by atoms with Crippen LogP contribution in [0.1, 0.15) is 24.1 Å². The van der Waals surface area contributed by atoms with Crippen LogP contribution in [0.15, 0.2) is 53.4 Å². The number of hydrazine groups is 1. The second-order valence-corrected chi connectivity index (χ2v) is 7.36. The molecule has 3 atom stereocenters. The van der Waals surface area contributed by atoms with Gasteiger partial charge in [0.1, 0.15) is 6.04 Å². The number of rotatable bonds is 3. The summed E-state index contributed by atoms with van der Waals surface area (Å²) in [6.45, 7) is 2.13. The molecule has 4 rings (SSSR count). The maximum atomic E-state index is 12.7. The lowest BCUT2D eigenvalue weighted by atomic mass is 9.90. The summed E-state index contributed by atoms with van der Waals surface area (Å²) in [6, 6.07) is 16.5. The molecule has 1 fully saturated rings. The van der Waals surface area contributed by atoms with Crippen molar-refractivity contribution in [3.8, 4) is 0 Å². The Kier molecular flexibility index (Phi) is 4.31. The molecular formula is C19H21N3OS. The Morgan fingerprint density at radius 1 is 1.17 bits per heavy atom. The predicted molar refractivity (Wildman–Crippen MR) is 97.9 cm³/mol. The number of amides is 1. The van der Waals surface area contributed by atoms with Gasteiger partial charge in [0.05, 0.1) is 6.04 Å². The number of fused-ring (bicyclic) bond motifs is 3. The Labute approximate surface area is 146 Å². The molecule has 0 bridgehead atoms. The van der Waals surface area contributed by atoms with E-state index >= 15 is 0 Å². The van der Waals surface area contributed by atoms with E-state index in [0.29, 0.717) is 0 Å². The van der Waals surface area contributed by atoms with Crippen molar-refractivity contribution in [2.24, 2.45) is 5.92 Å². The van der Waals surface area contributed by atoms with Crippen molar-refractivity contribution in [2.45, 2.75) is 30.3 Å². The fourth-order valence-electron chi connectivity index (χ4n) is 3.45. The molecule has 0 radical (unpaired) electrons. The number of carbonyl (C=O) groups is 1. The topological polar surface area (TPSA) is 53.2 Å². The van der Waals surface area contributed by atoms with Crippen LogP contribution < -0.4 is 16.2 Å². The van der Waals surface area contributed by atoms with Crippen LogP contribution in [0.3, 0.4) is 0 Å². The molecule has 24 heavy (non-hydrogen) atoms. The average Bonchev–Trinajstić information content (AvgIpc) is 3.07. The number of thioether (sulfide) groups is 1. The summed E-state index contributed by atoms with van der Waals surface area (Å²) in [5, 5.41) is 3.04. The Morgan fingerprint density at radius 2 is 1.96 bits per heavy atom. The minimum atomic E-state index is -0.221. The van der Waals surface area contributed by atoms with E-state index in [1.165, 1.54) is 16.0 Å². The van der Waals surface area contributed by atoms with Gasteiger partial charge >= 0.3 is 0 Å². The molecular weight excluding hydrogens is 318 g/mol. The van der Waals surface area contributed by atoms with Crippen molar-refractivity contribution in [3.05, 3.63) is 59.7 Å². The van der Waals surface area contributed by atoms with Crippen LogP contribution in [0.5, 0.6) is 0 Å². The van der Waals surface area contributed by atoms with Gasteiger partial charge in [0, 0.05) is 22.3 Å². The highest BCUT2D eigenvalue weighted by molar-refractivity contribution is 7.99. The number of hydrogen-bond acceptors (Lipinski definition) is 4. The number of anilines is 1. The highest BCUT2D eigenvalue weighted by Gasteiger charge is 2.43. The summed E-state index contributed by atoms with van der Waals surface area (Å²) in [5.41, 5.74) is 9.94. The van der Waals surface area contributed by atoms with E-state index < -0.39 is 0 Å².